The molecule has 25 heavy (non-hydrogen) atoms. The second kappa shape index (κ2) is 7.83. The van der Waals surface area contributed by atoms with Gasteiger partial charge in [0.1, 0.15) is 0 Å². The molecule has 0 aliphatic rings. The molecule has 3 nitrogen and oxygen atoms in total. The molecular weight excluding hydrogens is 375 g/mol. The summed E-state index contributed by atoms with van der Waals surface area (Å²) in [6.07, 6.45) is 3.07. The summed E-state index contributed by atoms with van der Waals surface area (Å²) in [6, 6.07) is 15.0. The van der Waals surface area contributed by atoms with Crippen LogP contribution in [0.2, 0.25) is 10.0 Å². The molecule has 0 bridgehead atoms. The number of hydrogen-bond acceptors (Lipinski definition) is 3. The van der Waals surface area contributed by atoms with Gasteiger partial charge in [0.2, 0.25) is 5.91 Å². The second-order valence-electron chi connectivity index (χ2n) is 5.28. The molecule has 0 saturated heterocycles. The standard InChI is InChI=1S/C19H14Cl2N2OS/c1-12-18(14-5-3-2-4-6-14)23-19(25-12)22-17(24)10-8-13-7-9-15(20)11-16(13)21/h2-11H,1H3,(H,22,23,24). The molecule has 1 amide bonds. The van der Waals surface area contributed by atoms with Crippen LogP contribution < -0.4 is 5.32 Å². The van der Waals surface area contributed by atoms with Gasteiger partial charge in [-0.05, 0) is 30.7 Å². The number of hydrogen-bond donors (Lipinski definition) is 1. The Kier molecular flexibility index (Phi) is 5.53. The molecule has 6 heteroatoms. The quantitative estimate of drug-likeness (QED) is 0.550. The fourth-order valence-electron chi connectivity index (χ4n) is 2.26. The predicted octanol–water partition coefficient (Wildman–Crippen LogP) is 6.08. The molecule has 0 saturated carbocycles. The Morgan fingerprint density at radius 2 is 1.92 bits per heavy atom. The van der Waals surface area contributed by atoms with E-state index in [0.29, 0.717) is 15.2 Å². The first-order chi connectivity index (χ1) is 12.0. The lowest BCUT2D eigenvalue weighted by Gasteiger charge is -1.99. The Balaban J connectivity index is 1.72. The van der Waals surface area contributed by atoms with E-state index in [4.69, 9.17) is 23.2 Å². The minimum atomic E-state index is -0.264. The molecule has 1 aromatic heterocycles. The SMILES string of the molecule is Cc1sc(NC(=O)C=Cc2ccc(Cl)cc2Cl)nc1-c1ccccc1. The molecule has 2 aromatic carbocycles. The molecule has 3 aromatic rings. The van der Waals surface area contributed by atoms with Gasteiger partial charge in [-0.3, -0.25) is 10.1 Å². The molecular formula is C19H14Cl2N2OS. The lowest BCUT2D eigenvalue weighted by molar-refractivity contribution is -0.111. The maximum Gasteiger partial charge on any atom is 0.250 e. The first-order valence-corrected chi connectivity index (χ1v) is 9.07. The number of carbonyl (C=O) groups is 1. The predicted molar refractivity (Wildman–Crippen MR) is 106 cm³/mol. The number of thiazole rings is 1. The summed E-state index contributed by atoms with van der Waals surface area (Å²) in [4.78, 5) is 17.7. The van der Waals surface area contributed by atoms with Gasteiger partial charge in [0.25, 0.3) is 0 Å². The highest BCUT2D eigenvalue weighted by atomic mass is 35.5. The summed E-state index contributed by atoms with van der Waals surface area (Å²) >= 11 is 13.4. The summed E-state index contributed by atoms with van der Waals surface area (Å²) in [6.45, 7) is 1.99. The minimum Gasteiger partial charge on any atom is -0.298 e. The van der Waals surface area contributed by atoms with E-state index < -0.39 is 0 Å². The van der Waals surface area contributed by atoms with Crippen LogP contribution in [0, 0.1) is 6.92 Å². The molecule has 1 N–H and O–H groups in total. The van der Waals surface area contributed by atoms with Gasteiger partial charge in [-0.15, -0.1) is 11.3 Å². The Hall–Kier alpha value is -2.14. The van der Waals surface area contributed by atoms with Crippen molar-refractivity contribution in [1.82, 2.24) is 4.98 Å². The maximum absolute atomic E-state index is 12.1. The van der Waals surface area contributed by atoms with Crippen LogP contribution in [0.15, 0.2) is 54.6 Å². The maximum atomic E-state index is 12.1. The van der Waals surface area contributed by atoms with Gasteiger partial charge in [0.15, 0.2) is 5.13 Å². The Labute approximate surface area is 159 Å². The van der Waals surface area contributed by atoms with Gasteiger partial charge in [-0.25, -0.2) is 4.98 Å². The number of rotatable bonds is 4. The van der Waals surface area contributed by atoms with E-state index in [1.54, 1.807) is 24.3 Å². The van der Waals surface area contributed by atoms with Crippen LogP contribution in [0.1, 0.15) is 10.4 Å². The number of nitrogens with zero attached hydrogens (tertiary/aromatic N) is 1. The molecule has 0 unspecified atom stereocenters. The van der Waals surface area contributed by atoms with Gasteiger partial charge < -0.3 is 0 Å². The molecule has 1 heterocycles. The zero-order valence-corrected chi connectivity index (χ0v) is 15.6. The van der Waals surface area contributed by atoms with E-state index in [2.05, 4.69) is 10.3 Å². The van der Waals surface area contributed by atoms with Gasteiger partial charge in [-0.1, -0.05) is 59.6 Å². The Morgan fingerprint density at radius 3 is 2.64 bits per heavy atom. The van der Waals surface area contributed by atoms with Crippen molar-refractivity contribution in [3.8, 4) is 11.3 Å². The van der Waals surface area contributed by atoms with Gasteiger partial charge in [0, 0.05) is 26.6 Å². The van der Waals surface area contributed by atoms with Gasteiger partial charge >= 0.3 is 0 Å². The number of aryl methyl sites for hydroxylation is 1. The molecule has 0 aliphatic carbocycles. The topological polar surface area (TPSA) is 42.0 Å². The largest absolute Gasteiger partial charge is 0.298 e. The third kappa shape index (κ3) is 4.48. The van der Waals surface area contributed by atoms with Crippen molar-refractivity contribution in [2.45, 2.75) is 6.92 Å². The molecule has 126 valence electrons. The number of carbonyl (C=O) groups excluding carboxylic acids is 1. The lowest BCUT2D eigenvalue weighted by Crippen LogP contribution is -2.07. The van der Waals surface area contributed by atoms with Crippen molar-refractivity contribution in [2.24, 2.45) is 0 Å². The third-order valence-corrected chi connectivity index (χ3v) is 4.90. The molecule has 0 aliphatic heterocycles. The molecule has 3 rings (SSSR count). The zero-order valence-electron chi connectivity index (χ0n) is 13.3. The first kappa shape index (κ1) is 17.7. The molecule has 0 spiro atoms. The third-order valence-electron chi connectivity index (χ3n) is 3.45. The highest BCUT2D eigenvalue weighted by Gasteiger charge is 2.10. The van der Waals surface area contributed by atoms with E-state index in [1.165, 1.54) is 17.4 Å². The van der Waals surface area contributed by atoms with Crippen LogP contribution in [0.25, 0.3) is 17.3 Å². The van der Waals surface area contributed by atoms with Crippen LogP contribution in [0.3, 0.4) is 0 Å². The molecule has 0 radical (unpaired) electrons. The summed E-state index contributed by atoms with van der Waals surface area (Å²) in [5.74, 6) is -0.264. The summed E-state index contributed by atoms with van der Waals surface area (Å²) < 4.78 is 0. The van der Waals surface area contributed by atoms with Crippen LogP contribution in [-0.4, -0.2) is 10.9 Å². The number of aromatic nitrogens is 1. The number of anilines is 1. The van der Waals surface area contributed by atoms with Crippen LogP contribution in [0.4, 0.5) is 5.13 Å². The van der Waals surface area contributed by atoms with E-state index in [1.807, 2.05) is 37.3 Å². The van der Waals surface area contributed by atoms with Crippen LogP contribution >= 0.6 is 34.5 Å². The van der Waals surface area contributed by atoms with Crippen molar-refractivity contribution in [1.29, 1.82) is 0 Å². The molecule has 0 fully saturated rings. The Morgan fingerprint density at radius 1 is 1.16 bits per heavy atom. The monoisotopic (exact) mass is 388 g/mol. The lowest BCUT2D eigenvalue weighted by atomic mass is 10.1. The van der Waals surface area contributed by atoms with Gasteiger partial charge in [0.05, 0.1) is 5.69 Å². The summed E-state index contributed by atoms with van der Waals surface area (Å²) in [7, 11) is 0. The van der Waals surface area contributed by atoms with Crippen molar-refractivity contribution in [2.75, 3.05) is 5.32 Å². The Bertz CT molecular complexity index is 936. The number of halogens is 2. The average molecular weight is 389 g/mol. The van der Waals surface area contributed by atoms with Crippen LogP contribution in [-0.2, 0) is 4.79 Å². The first-order valence-electron chi connectivity index (χ1n) is 7.50. The number of amides is 1. The smallest absolute Gasteiger partial charge is 0.250 e. The van der Waals surface area contributed by atoms with E-state index in [9.17, 15) is 4.79 Å². The van der Waals surface area contributed by atoms with E-state index in [-0.39, 0.29) is 5.91 Å². The number of nitrogens with one attached hydrogen (secondary N) is 1. The average Bonchev–Trinajstić information content (AvgIpc) is 2.95. The number of benzene rings is 2. The minimum absolute atomic E-state index is 0.264. The second-order valence-corrected chi connectivity index (χ2v) is 7.33. The fourth-order valence-corrected chi connectivity index (χ4v) is 3.57. The normalized spacial score (nSPS) is 11.0. The van der Waals surface area contributed by atoms with Crippen molar-refractivity contribution in [3.63, 3.8) is 0 Å². The van der Waals surface area contributed by atoms with Gasteiger partial charge in [-0.2, -0.15) is 0 Å². The van der Waals surface area contributed by atoms with E-state index in [0.717, 1.165) is 21.7 Å². The summed E-state index contributed by atoms with van der Waals surface area (Å²) in [5.41, 5.74) is 2.63. The molecule has 0 atom stereocenters. The highest BCUT2D eigenvalue weighted by molar-refractivity contribution is 7.16. The van der Waals surface area contributed by atoms with Crippen molar-refractivity contribution >= 4 is 51.7 Å². The van der Waals surface area contributed by atoms with Crippen molar-refractivity contribution in [3.05, 3.63) is 75.1 Å². The van der Waals surface area contributed by atoms with Crippen LogP contribution in [0.5, 0.6) is 0 Å². The van der Waals surface area contributed by atoms with E-state index >= 15 is 0 Å². The fraction of sp³-hybridized carbons (Fsp3) is 0.0526. The zero-order chi connectivity index (χ0) is 17.8. The highest BCUT2D eigenvalue weighted by Crippen LogP contribution is 2.30. The van der Waals surface area contributed by atoms with Crippen molar-refractivity contribution < 1.29 is 4.79 Å². The summed E-state index contributed by atoms with van der Waals surface area (Å²) in [5, 5.41) is 4.40.